The highest BCUT2D eigenvalue weighted by atomic mass is 16.7. The molecule has 0 aromatic rings. The van der Waals surface area contributed by atoms with Crippen LogP contribution < -0.4 is 0 Å². The summed E-state index contributed by atoms with van der Waals surface area (Å²) in [5.74, 6) is 0. The summed E-state index contributed by atoms with van der Waals surface area (Å²) in [6.07, 6.45) is -12.1. The van der Waals surface area contributed by atoms with E-state index in [1.54, 1.807) is 0 Å². The van der Waals surface area contributed by atoms with E-state index < -0.39 is 68.0 Å². The predicted octanol–water partition coefficient (Wildman–Crippen LogP) is -4.35. The van der Waals surface area contributed by atoms with Gasteiger partial charge in [-0.25, -0.2) is 0 Å². The summed E-state index contributed by atoms with van der Waals surface area (Å²) in [7, 11) is 0. The van der Waals surface area contributed by atoms with E-state index in [1.807, 2.05) is 0 Å². The van der Waals surface area contributed by atoms with Gasteiger partial charge in [-0.15, -0.1) is 0 Å². The molecule has 3 saturated heterocycles. The van der Waals surface area contributed by atoms with Crippen LogP contribution in [0.4, 0.5) is 0 Å². The molecular weight excluding hydrogens is 304 g/mol. The third kappa shape index (κ3) is 2.65. The molecule has 3 heterocycles. The van der Waals surface area contributed by atoms with Gasteiger partial charge in [-0.2, -0.15) is 0 Å². The van der Waals surface area contributed by atoms with Gasteiger partial charge in [-0.1, -0.05) is 0 Å². The van der Waals surface area contributed by atoms with Crippen molar-refractivity contribution < 1.29 is 49.6 Å². The molecule has 128 valence electrons. The first kappa shape index (κ1) is 16.5. The van der Waals surface area contributed by atoms with Crippen LogP contribution in [-0.4, -0.2) is 105 Å². The van der Waals surface area contributed by atoms with Crippen molar-refractivity contribution in [3.8, 4) is 0 Å². The molecule has 2 bridgehead atoms. The average Bonchev–Trinajstić information content (AvgIpc) is 2.82. The van der Waals surface area contributed by atoms with Crippen molar-refractivity contribution in [2.24, 2.45) is 0 Å². The summed E-state index contributed by atoms with van der Waals surface area (Å²) in [5.41, 5.74) is 0. The highest BCUT2D eigenvalue weighted by Crippen LogP contribution is 2.33. The molecule has 10 nitrogen and oxygen atoms in total. The van der Waals surface area contributed by atoms with Crippen molar-refractivity contribution in [1.29, 1.82) is 0 Å². The Bertz CT molecular complexity index is 392. The number of ether oxygens (including phenoxy) is 4. The molecular formula is C12H20O10. The van der Waals surface area contributed by atoms with Gasteiger partial charge in [0, 0.05) is 0 Å². The minimum atomic E-state index is -1.56. The van der Waals surface area contributed by atoms with Gasteiger partial charge in [0.15, 0.2) is 12.6 Å². The van der Waals surface area contributed by atoms with Crippen LogP contribution in [-0.2, 0) is 18.9 Å². The molecule has 22 heavy (non-hydrogen) atoms. The van der Waals surface area contributed by atoms with E-state index >= 15 is 0 Å². The summed E-state index contributed by atoms with van der Waals surface area (Å²) >= 11 is 0. The van der Waals surface area contributed by atoms with Crippen LogP contribution in [0.1, 0.15) is 0 Å². The Morgan fingerprint density at radius 1 is 0.909 bits per heavy atom. The molecule has 3 aliphatic rings. The van der Waals surface area contributed by atoms with Gasteiger partial charge in [0.1, 0.15) is 48.8 Å². The normalized spacial score (nSPS) is 55.4. The third-order valence-corrected chi connectivity index (χ3v) is 4.23. The van der Waals surface area contributed by atoms with E-state index in [0.29, 0.717) is 0 Å². The Kier molecular flexibility index (Phi) is 4.67. The van der Waals surface area contributed by atoms with Gasteiger partial charge in [0.05, 0.1) is 13.2 Å². The summed E-state index contributed by atoms with van der Waals surface area (Å²) in [6.45, 7) is -0.489. The fourth-order valence-electron chi connectivity index (χ4n) is 2.94. The summed E-state index contributed by atoms with van der Waals surface area (Å²) in [5, 5.41) is 57.8. The maximum atomic E-state index is 9.93. The lowest BCUT2D eigenvalue weighted by Gasteiger charge is -2.43. The van der Waals surface area contributed by atoms with Gasteiger partial charge >= 0.3 is 0 Å². The van der Waals surface area contributed by atoms with Crippen molar-refractivity contribution in [2.45, 2.75) is 61.4 Å². The number of rotatable bonds is 3. The summed E-state index contributed by atoms with van der Waals surface area (Å²) in [4.78, 5) is 0. The Labute approximate surface area is 125 Å². The predicted molar refractivity (Wildman–Crippen MR) is 65.3 cm³/mol. The lowest BCUT2D eigenvalue weighted by atomic mass is 9.98. The third-order valence-electron chi connectivity index (χ3n) is 4.23. The van der Waals surface area contributed by atoms with Crippen molar-refractivity contribution in [1.82, 2.24) is 0 Å². The standard InChI is InChI=1S/C12H20O10/c13-1-3-5(14)6(15)7(16)12(21-3)22-9-4-2-19-10(9)8(17)11(18)20-4/h3-18H,1-2H2/t3?,4?,5-,6-,7-,8+,9+,10?,11+,12-/m0/s1. The molecule has 0 saturated carbocycles. The monoisotopic (exact) mass is 324 g/mol. The van der Waals surface area contributed by atoms with Crippen LogP contribution in [0.2, 0.25) is 0 Å². The summed E-state index contributed by atoms with van der Waals surface area (Å²) < 4.78 is 21.2. The SMILES string of the molecule is OCC1O[C@@H](O[C@@H]2C3COC2[C@@H](O)[C@H](O)O3)[C@@H](O)[C@@H](O)[C@H]1O. The molecule has 10 heteroatoms. The maximum absolute atomic E-state index is 9.93. The molecule has 0 aromatic heterocycles. The van der Waals surface area contributed by atoms with Crippen LogP contribution in [0.15, 0.2) is 0 Å². The van der Waals surface area contributed by atoms with Gasteiger partial charge in [-0.05, 0) is 0 Å². The van der Waals surface area contributed by atoms with Crippen molar-refractivity contribution in [2.75, 3.05) is 13.2 Å². The average molecular weight is 324 g/mol. The minimum absolute atomic E-state index is 0.0842. The minimum Gasteiger partial charge on any atom is -0.394 e. The molecule has 3 fully saturated rings. The molecule has 3 unspecified atom stereocenters. The molecule has 0 aromatic carbocycles. The Morgan fingerprint density at radius 2 is 1.64 bits per heavy atom. The van der Waals surface area contributed by atoms with Gasteiger partial charge in [0.2, 0.25) is 0 Å². The number of aliphatic hydroxyl groups excluding tert-OH is 6. The molecule has 0 radical (unpaired) electrons. The van der Waals surface area contributed by atoms with Crippen molar-refractivity contribution in [3.63, 3.8) is 0 Å². The number of hydrogen-bond donors (Lipinski definition) is 6. The zero-order valence-electron chi connectivity index (χ0n) is 11.5. The van der Waals surface area contributed by atoms with Crippen LogP contribution in [0.25, 0.3) is 0 Å². The number of hydrogen-bond acceptors (Lipinski definition) is 10. The second-order valence-electron chi connectivity index (χ2n) is 5.65. The van der Waals surface area contributed by atoms with Crippen LogP contribution >= 0.6 is 0 Å². The maximum Gasteiger partial charge on any atom is 0.187 e. The van der Waals surface area contributed by atoms with Gasteiger partial charge in [-0.3, -0.25) is 0 Å². The van der Waals surface area contributed by atoms with Gasteiger partial charge in [0.25, 0.3) is 0 Å². The zero-order chi connectivity index (χ0) is 16.0. The lowest BCUT2D eigenvalue weighted by Crippen LogP contribution is -2.62. The molecule has 3 aliphatic heterocycles. The first-order valence-electron chi connectivity index (χ1n) is 7.03. The first-order valence-corrected chi connectivity index (χ1v) is 7.03. The quantitative estimate of drug-likeness (QED) is 0.299. The molecule has 3 rings (SSSR count). The topological polar surface area (TPSA) is 158 Å². The van der Waals surface area contributed by atoms with Crippen LogP contribution in [0.5, 0.6) is 0 Å². The fraction of sp³-hybridized carbons (Fsp3) is 1.00. The second-order valence-corrected chi connectivity index (χ2v) is 5.65. The Morgan fingerprint density at radius 3 is 2.32 bits per heavy atom. The van der Waals surface area contributed by atoms with Crippen LogP contribution in [0, 0.1) is 0 Å². The highest BCUT2D eigenvalue weighted by Gasteiger charge is 2.54. The summed E-state index contributed by atoms with van der Waals surface area (Å²) in [6, 6.07) is 0. The molecule has 6 N–H and O–H groups in total. The first-order chi connectivity index (χ1) is 10.4. The molecule has 0 aliphatic carbocycles. The molecule has 0 amide bonds. The van der Waals surface area contributed by atoms with Crippen LogP contribution in [0.3, 0.4) is 0 Å². The zero-order valence-corrected chi connectivity index (χ0v) is 11.5. The fourth-order valence-corrected chi connectivity index (χ4v) is 2.94. The van der Waals surface area contributed by atoms with Crippen molar-refractivity contribution >= 4 is 0 Å². The van der Waals surface area contributed by atoms with E-state index in [9.17, 15) is 25.5 Å². The van der Waals surface area contributed by atoms with E-state index in [0.717, 1.165) is 0 Å². The smallest absolute Gasteiger partial charge is 0.187 e. The molecule has 0 spiro atoms. The van der Waals surface area contributed by atoms with Gasteiger partial charge < -0.3 is 49.6 Å². The largest absolute Gasteiger partial charge is 0.394 e. The second kappa shape index (κ2) is 6.24. The lowest BCUT2D eigenvalue weighted by molar-refractivity contribution is -0.336. The van der Waals surface area contributed by atoms with E-state index in [4.69, 9.17) is 24.1 Å². The number of fused-ring (bicyclic) bond motifs is 2. The van der Waals surface area contributed by atoms with E-state index in [-0.39, 0.29) is 6.61 Å². The van der Waals surface area contributed by atoms with E-state index in [1.165, 1.54) is 0 Å². The number of aliphatic hydroxyl groups is 6. The van der Waals surface area contributed by atoms with E-state index in [2.05, 4.69) is 0 Å². The Hall–Kier alpha value is -0.400. The van der Waals surface area contributed by atoms with Crippen molar-refractivity contribution in [3.05, 3.63) is 0 Å². The highest BCUT2D eigenvalue weighted by molar-refractivity contribution is 4.97. The molecule has 10 atom stereocenters. The Balaban J connectivity index is 1.70.